The van der Waals surface area contributed by atoms with Crippen LogP contribution >= 0.6 is 0 Å². The molecule has 2 aliphatic heterocycles. The topological polar surface area (TPSA) is 61.9 Å². The molecule has 1 saturated carbocycles. The molecule has 1 N–H and O–H groups in total. The van der Waals surface area contributed by atoms with Gasteiger partial charge in [-0.25, -0.2) is 8.78 Å². The van der Waals surface area contributed by atoms with Crippen LogP contribution < -0.4 is 5.32 Å². The highest BCUT2D eigenvalue weighted by molar-refractivity contribution is 5.85. The zero-order valence-electron chi connectivity index (χ0n) is 19.5. The van der Waals surface area contributed by atoms with E-state index in [1.807, 2.05) is 18.2 Å². The summed E-state index contributed by atoms with van der Waals surface area (Å²) in [5.41, 5.74) is -0.598. The highest BCUT2D eigenvalue weighted by Crippen LogP contribution is 2.44. The molecular weight excluding hydrogens is 452 g/mol. The van der Waals surface area contributed by atoms with Gasteiger partial charge in [0.15, 0.2) is 0 Å². The predicted molar refractivity (Wildman–Crippen MR) is 126 cm³/mol. The number of halogens is 2. The van der Waals surface area contributed by atoms with Crippen molar-refractivity contribution in [3.05, 3.63) is 83.4 Å². The van der Waals surface area contributed by atoms with Crippen molar-refractivity contribution < 1.29 is 23.1 Å². The van der Waals surface area contributed by atoms with E-state index in [1.54, 1.807) is 34.1 Å². The van der Waals surface area contributed by atoms with E-state index >= 15 is 4.39 Å². The average molecular weight is 482 g/mol. The molecular formula is C27H29F2N3O3. The van der Waals surface area contributed by atoms with Crippen LogP contribution in [0.2, 0.25) is 0 Å². The van der Waals surface area contributed by atoms with Crippen LogP contribution in [0.1, 0.15) is 24.0 Å². The normalized spacial score (nSPS) is 22.9. The second kappa shape index (κ2) is 9.87. The second-order valence-electron chi connectivity index (χ2n) is 9.31. The highest BCUT2D eigenvalue weighted by Gasteiger charge is 2.49. The summed E-state index contributed by atoms with van der Waals surface area (Å²) in [4.78, 5) is 30.0. The van der Waals surface area contributed by atoms with Crippen molar-refractivity contribution in [3.63, 3.8) is 0 Å². The van der Waals surface area contributed by atoms with Crippen LogP contribution in [0.5, 0.6) is 0 Å². The molecule has 1 saturated heterocycles. The summed E-state index contributed by atoms with van der Waals surface area (Å²) in [6.45, 7) is 2.72. The number of nitrogens with one attached hydrogen (secondary N) is 1. The minimum Gasteiger partial charge on any atom is -0.358 e. The molecule has 2 amide bonds. The van der Waals surface area contributed by atoms with Gasteiger partial charge < -0.3 is 19.9 Å². The van der Waals surface area contributed by atoms with E-state index in [0.717, 1.165) is 44.1 Å². The molecule has 0 spiro atoms. The maximum absolute atomic E-state index is 15.2. The molecule has 0 radical (unpaired) electrons. The van der Waals surface area contributed by atoms with Crippen LogP contribution in [0.25, 0.3) is 0 Å². The summed E-state index contributed by atoms with van der Waals surface area (Å²) in [7, 11) is 0. The maximum atomic E-state index is 15.2. The van der Waals surface area contributed by atoms with E-state index in [9.17, 15) is 14.0 Å². The molecule has 35 heavy (non-hydrogen) atoms. The molecule has 1 aliphatic carbocycles. The van der Waals surface area contributed by atoms with Crippen molar-refractivity contribution in [2.75, 3.05) is 39.3 Å². The van der Waals surface area contributed by atoms with Crippen molar-refractivity contribution in [2.45, 2.75) is 24.5 Å². The van der Waals surface area contributed by atoms with Gasteiger partial charge in [0.25, 0.3) is 5.91 Å². The summed E-state index contributed by atoms with van der Waals surface area (Å²) in [5, 5.41) is 3.21. The van der Waals surface area contributed by atoms with Crippen molar-refractivity contribution >= 4 is 11.8 Å². The molecule has 3 aliphatic rings. The molecule has 8 heteroatoms. The molecule has 2 fully saturated rings. The van der Waals surface area contributed by atoms with Gasteiger partial charge in [0.2, 0.25) is 5.91 Å². The zero-order valence-corrected chi connectivity index (χ0v) is 19.5. The second-order valence-corrected chi connectivity index (χ2v) is 9.31. The van der Waals surface area contributed by atoms with E-state index < -0.39 is 23.3 Å². The van der Waals surface area contributed by atoms with E-state index in [-0.39, 0.29) is 36.4 Å². The van der Waals surface area contributed by atoms with E-state index in [4.69, 9.17) is 4.74 Å². The van der Waals surface area contributed by atoms with Gasteiger partial charge in [0.05, 0.1) is 0 Å². The van der Waals surface area contributed by atoms with Gasteiger partial charge in [-0.2, -0.15) is 0 Å². The summed E-state index contributed by atoms with van der Waals surface area (Å²) in [5.74, 6) is -1.64. The van der Waals surface area contributed by atoms with Crippen LogP contribution in [0.15, 0.2) is 60.7 Å². The first-order valence-corrected chi connectivity index (χ1v) is 12.1. The van der Waals surface area contributed by atoms with Gasteiger partial charge >= 0.3 is 0 Å². The third-order valence-corrected chi connectivity index (χ3v) is 7.04. The third kappa shape index (κ3) is 4.60. The van der Waals surface area contributed by atoms with Gasteiger partial charge in [-0.3, -0.25) is 9.59 Å². The largest absolute Gasteiger partial charge is 0.358 e. The number of piperazine rings is 1. The molecule has 5 rings (SSSR count). The monoisotopic (exact) mass is 481 g/mol. The zero-order chi connectivity index (χ0) is 24.4. The van der Waals surface area contributed by atoms with Crippen LogP contribution in [0, 0.1) is 17.6 Å². The smallest absolute Gasteiger partial charge is 0.253 e. The van der Waals surface area contributed by atoms with Crippen molar-refractivity contribution in [3.8, 4) is 0 Å². The lowest BCUT2D eigenvalue weighted by atomic mass is 9.81. The maximum Gasteiger partial charge on any atom is 0.253 e. The fourth-order valence-corrected chi connectivity index (χ4v) is 5.08. The van der Waals surface area contributed by atoms with Gasteiger partial charge in [0.1, 0.15) is 29.9 Å². The van der Waals surface area contributed by atoms with Crippen molar-refractivity contribution in [2.24, 2.45) is 5.92 Å². The Morgan fingerprint density at radius 1 is 1.09 bits per heavy atom. The Balaban J connectivity index is 1.46. The van der Waals surface area contributed by atoms with Crippen LogP contribution in [-0.4, -0.2) is 67.0 Å². The SMILES string of the molecule is O=C(CO[C@H](C(=O)N1CC=C[C@]1(c1ccccc1)c1cc(F)ccc1F)C1CC1)N1CCNCC1. The number of hydrogen-bond acceptors (Lipinski definition) is 4. The van der Waals surface area contributed by atoms with Gasteiger partial charge in [0, 0.05) is 38.3 Å². The van der Waals surface area contributed by atoms with E-state index in [2.05, 4.69) is 5.32 Å². The Labute approximate surface area is 203 Å². The van der Waals surface area contributed by atoms with Gasteiger partial charge in [-0.05, 0) is 42.5 Å². The number of nitrogens with zero attached hydrogens (tertiary/aromatic N) is 2. The number of hydrogen-bond donors (Lipinski definition) is 1. The van der Waals surface area contributed by atoms with Crippen LogP contribution in [0.3, 0.4) is 0 Å². The van der Waals surface area contributed by atoms with Gasteiger partial charge in [-0.1, -0.05) is 42.5 Å². The first-order valence-electron chi connectivity index (χ1n) is 12.1. The van der Waals surface area contributed by atoms with E-state index in [0.29, 0.717) is 18.7 Å². The molecule has 184 valence electrons. The fraction of sp³-hybridized carbons (Fsp3) is 0.407. The minimum absolute atomic E-state index is 0.00440. The number of carbonyl (C=O) groups is 2. The number of ether oxygens (including phenoxy) is 1. The number of amides is 2. The van der Waals surface area contributed by atoms with Crippen molar-refractivity contribution in [1.82, 2.24) is 15.1 Å². The first kappa shape index (κ1) is 23.6. The fourth-order valence-electron chi connectivity index (χ4n) is 5.08. The summed E-state index contributed by atoms with van der Waals surface area (Å²) < 4.78 is 35.5. The lowest BCUT2D eigenvalue weighted by Gasteiger charge is -2.41. The molecule has 2 heterocycles. The average Bonchev–Trinajstić information content (AvgIpc) is 3.63. The quantitative estimate of drug-likeness (QED) is 0.618. The standard InChI is InChI=1S/C27H29F2N3O3/c28-21-9-10-23(29)22(17-21)27(20-5-2-1-3-6-20)11-4-14-32(27)26(34)25(19-7-8-19)35-18-24(33)31-15-12-30-13-16-31/h1-6,9-11,17,19,25,30H,7-8,12-16,18H2/t25-,27-/m0/s1. The minimum atomic E-state index is -1.32. The molecule has 2 aromatic carbocycles. The summed E-state index contributed by atoms with van der Waals surface area (Å²) in [6.07, 6.45) is 4.39. The van der Waals surface area contributed by atoms with E-state index in [1.165, 1.54) is 0 Å². The van der Waals surface area contributed by atoms with Gasteiger partial charge in [-0.15, -0.1) is 0 Å². The Bertz CT molecular complexity index is 1120. The molecule has 2 aromatic rings. The number of rotatable bonds is 7. The first-order chi connectivity index (χ1) is 17.0. The number of benzene rings is 2. The Morgan fingerprint density at radius 3 is 2.54 bits per heavy atom. The van der Waals surface area contributed by atoms with Crippen LogP contribution in [0.4, 0.5) is 8.78 Å². The Morgan fingerprint density at radius 2 is 1.83 bits per heavy atom. The predicted octanol–water partition coefficient (Wildman–Crippen LogP) is 2.83. The summed E-state index contributed by atoms with van der Waals surface area (Å²) in [6, 6.07) is 12.4. The number of carbonyl (C=O) groups excluding carboxylic acids is 2. The third-order valence-electron chi connectivity index (χ3n) is 7.04. The molecule has 0 aromatic heterocycles. The highest BCUT2D eigenvalue weighted by atomic mass is 19.1. The Kier molecular flexibility index (Phi) is 6.67. The molecule has 0 unspecified atom stereocenters. The molecule has 0 bridgehead atoms. The molecule has 6 nitrogen and oxygen atoms in total. The van der Waals surface area contributed by atoms with Crippen molar-refractivity contribution in [1.29, 1.82) is 0 Å². The lowest BCUT2D eigenvalue weighted by Crippen LogP contribution is -2.52. The Hall–Kier alpha value is -3.10. The lowest BCUT2D eigenvalue weighted by molar-refractivity contribution is -0.153. The van der Waals surface area contributed by atoms with Crippen LogP contribution in [-0.2, 0) is 19.9 Å². The summed E-state index contributed by atoms with van der Waals surface area (Å²) >= 11 is 0. The molecule has 2 atom stereocenters.